The molecule has 1 heterocycles. The summed E-state index contributed by atoms with van der Waals surface area (Å²) < 4.78 is 2.09. The van der Waals surface area contributed by atoms with E-state index >= 15 is 0 Å². The van der Waals surface area contributed by atoms with Gasteiger partial charge >= 0.3 is 0 Å². The van der Waals surface area contributed by atoms with Gasteiger partial charge in [-0.2, -0.15) is 0 Å². The van der Waals surface area contributed by atoms with Crippen LogP contribution in [0.2, 0.25) is 0 Å². The van der Waals surface area contributed by atoms with Gasteiger partial charge in [-0.25, -0.2) is 0 Å². The topological polar surface area (TPSA) is 77.1 Å². The minimum Gasteiger partial charge on any atom is -0.368 e. The predicted octanol–water partition coefficient (Wildman–Crippen LogP) is 2.64. The molecule has 0 saturated carbocycles. The molecular weight excluding hydrogens is 290 g/mol. The Labute approximate surface area is 136 Å². The number of primary amides is 1. The number of hydrogen-bond acceptors (Lipinski definition) is 2. The van der Waals surface area contributed by atoms with Gasteiger partial charge in [-0.1, -0.05) is 30.3 Å². The first-order valence-corrected chi connectivity index (χ1v) is 7.66. The first-order valence-electron chi connectivity index (χ1n) is 7.66. The van der Waals surface area contributed by atoms with E-state index in [1.165, 1.54) is 0 Å². The minimum absolute atomic E-state index is 0.262. The van der Waals surface area contributed by atoms with E-state index in [-0.39, 0.29) is 11.9 Å². The monoisotopic (exact) mass is 313 g/mol. The van der Waals surface area contributed by atoms with Crippen molar-refractivity contribution in [1.82, 2.24) is 9.88 Å². The van der Waals surface area contributed by atoms with Gasteiger partial charge in [-0.05, 0) is 39.3 Å². The second-order valence-corrected chi connectivity index (χ2v) is 5.97. The molecular formula is C18H23N3O2. The van der Waals surface area contributed by atoms with E-state index in [2.05, 4.69) is 23.7 Å². The number of hydrogen-bond donors (Lipinski definition) is 2. The summed E-state index contributed by atoms with van der Waals surface area (Å²) in [5.41, 5.74) is 8.59. The molecule has 0 spiro atoms. The molecule has 0 aliphatic carbocycles. The number of nitrogens with zero attached hydrogens (tertiary/aromatic N) is 1. The summed E-state index contributed by atoms with van der Waals surface area (Å²) in [6, 6.07) is 10.3. The highest BCUT2D eigenvalue weighted by Crippen LogP contribution is 2.21. The van der Waals surface area contributed by atoms with Crippen molar-refractivity contribution >= 4 is 11.8 Å². The molecule has 0 radical (unpaired) electrons. The Kier molecular flexibility index (Phi) is 4.89. The molecule has 0 fully saturated rings. The Balaban J connectivity index is 2.30. The number of carbonyl (C=O) groups is 2. The van der Waals surface area contributed by atoms with Crippen LogP contribution in [0, 0.1) is 13.8 Å². The van der Waals surface area contributed by atoms with Gasteiger partial charge in [-0.3, -0.25) is 9.59 Å². The van der Waals surface area contributed by atoms with Crippen molar-refractivity contribution in [2.75, 3.05) is 0 Å². The maximum atomic E-state index is 12.6. The Morgan fingerprint density at radius 2 is 1.74 bits per heavy atom. The summed E-state index contributed by atoms with van der Waals surface area (Å²) in [5.74, 6) is -0.875. The van der Waals surface area contributed by atoms with Gasteiger partial charge in [0.2, 0.25) is 5.91 Å². The molecule has 122 valence electrons. The second kappa shape index (κ2) is 6.69. The highest BCUT2D eigenvalue weighted by atomic mass is 16.2. The third-order valence-corrected chi connectivity index (χ3v) is 3.94. The lowest BCUT2D eigenvalue weighted by atomic mass is 10.1. The summed E-state index contributed by atoms with van der Waals surface area (Å²) in [6.07, 6.45) is 0. The van der Waals surface area contributed by atoms with E-state index in [0.29, 0.717) is 11.1 Å². The fourth-order valence-electron chi connectivity index (χ4n) is 2.97. The van der Waals surface area contributed by atoms with Gasteiger partial charge in [0.25, 0.3) is 5.91 Å². The quantitative estimate of drug-likeness (QED) is 0.890. The van der Waals surface area contributed by atoms with Crippen molar-refractivity contribution in [3.8, 4) is 0 Å². The van der Waals surface area contributed by atoms with Crippen molar-refractivity contribution in [3.63, 3.8) is 0 Å². The normalized spacial score (nSPS) is 12.2. The summed E-state index contributed by atoms with van der Waals surface area (Å²) in [4.78, 5) is 24.3. The zero-order valence-electron chi connectivity index (χ0n) is 14.0. The predicted molar refractivity (Wildman–Crippen MR) is 90.1 cm³/mol. The van der Waals surface area contributed by atoms with Crippen molar-refractivity contribution in [2.45, 2.75) is 39.8 Å². The third kappa shape index (κ3) is 3.44. The van der Waals surface area contributed by atoms with Gasteiger partial charge in [0, 0.05) is 17.4 Å². The molecule has 5 heteroatoms. The SMILES string of the molecule is Cc1cc(C(=O)N[C@@H](C(N)=O)c2ccccc2)c(C)n1C(C)C. The van der Waals surface area contributed by atoms with Crippen LogP contribution < -0.4 is 11.1 Å². The van der Waals surface area contributed by atoms with E-state index in [1.54, 1.807) is 12.1 Å². The molecule has 1 aromatic carbocycles. The second-order valence-electron chi connectivity index (χ2n) is 5.97. The van der Waals surface area contributed by atoms with Gasteiger partial charge in [0.15, 0.2) is 0 Å². The molecule has 2 amide bonds. The Bertz CT molecular complexity index is 717. The summed E-state index contributed by atoms with van der Waals surface area (Å²) in [5, 5.41) is 2.74. The smallest absolute Gasteiger partial charge is 0.254 e. The standard InChI is InChI=1S/C18H23N3O2/c1-11(2)21-12(3)10-15(13(21)4)18(23)20-16(17(19)22)14-8-6-5-7-9-14/h5-11,16H,1-4H3,(H2,19,22)(H,20,23)/t16-/m1/s1. The number of carbonyl (C=O) groups excluding carboxylic acids is 2. The van der Waals surface area contributed by atoms with Crippen LogP contribution in [0.4, 0.5) is 0 Å². The molecule has 0 unspecified atom stereocenters. The fourth-order valence-corrected chi connectivity index (χ4v) is 2.97. The molecule has 0 aliphatic heterocycles. The Morgan fingerprint density at radius 1 is 1.13 bits per heavy atom. The highest BCUT2D eigenvalue weighted by Gasteiger charge is 2.23. The van der Waals surface area contributed by atoms with Crippen molar-refractivity contribution in [2.24, 2.45) is 5.73 Å². The number of rotatable bonds is 5. The van der Waals surface area contributed by atoms with Gasteiger partial charge in [0.05, 0.1) is 5.56 Å². The number of nitrogens with one attached hydrogen (secondary N) is 1. The molecule has 1 atom stereocenters. The molecule has 2 rings (SSSR count). The number of nitrogens with two attached hydrogens (primary N) is 1. The number of amides is 2. The zero-order chi connectivity index (χ0) is 17.1. The summed E-state index contributed by atoms with van der Waals surface area (Å²) in [6.45, 7) is 8.01. The van der Waals surface area contributed by atoms with Crippen LogP contribution in [-0.4, -0.2) is 16.4 Å². The largest absolute Gasteiger partial charge is 0.368 e. The molecule has 2 aromatic rings. The van der Waals surface area contributed by atoms with E-state index < -0.39 is 11.9 Å². The lowest BCUT2D eigenvalue weighted by molar-refractivity contribution is -0.120. The molecule has 1 aromatic heterocycles. The lowest BCUT2D eigenvalue weighted by Crippen LogP contribution is -2.37. The Hall–Kier alpha value is -2.56. The maximum absolute atomic E-state index is 12.6. The highest BCUT2D eigenvalue weighted by molar-refractivity contribution is 5.98. The van der Waals surface area contributed by atoms with E-state index in [0.717, 1.165) is 11.4 Å². The molecule has 0 bridgehead atoms. The summed E-state index contributed by atoms with van der Waals surface area (Å²) in [7, 11) is 0. The Morgan fingerprint density at radius 3 is 2.22 bits per heavy atom. The van der Waals surface area contributed by atoms with Gasteiger partial charge in [-0.15, -0.1) is 0 Å². The van der Waals surface area contributed by atoms with Crippen LogP contribution >= 0.6 is 0 Å². The number of benzene rings is 1. The lowest BCUT2D eigenvalue weighted by Gasteiger charge is -2.17. The van der Waals surface area contributed by atoms with Crippen LogP contribution in [0.1, 0.15) is 53.2 Å². The number of aromatic nitrogens is 1. The van der Waals surface area contributed by atoms with Crippen LogP contribution in [0.3, 0.4) is 0 Å². The van der Waals surface area contributed by atoms with Crippen LogP contribution in [0.5, 0.6) is 0 Å². The molecule has 0 aliphatic rings. The van der Waals surface area contributed by atoms with Crippen LogP contribution in [-0.2, 0) is 4.79 Å². The van der Waals surface area contributed by atoms with Gasteiger partial charge in [0.1, 0.15) is 6.04 Å². The van der Waals surface area contributed by atoms with Crippen molar-refractivity contribution < 1.29 is 9.59 Å². The van der Waals surface area contributed by atoms with Crippen molar-refractivity contribution in [1.29, 1.82) is 0 Å². The third-order valence-electron chi connectivity index (χ3n) is 3.94. The molecule has 23 heavy (non-hydrogen) atoms. The van der Waals surface area contributed by atoms with Crippen molar-refractivity contribution in [3.05, 3.63) is 58.9 Å². The molecule has 5 nitrogen and oxygen atoms in total. The average Bonchev–Trinajstić information content (AvgIpc) is 2.80. The van der Waals surface area contributed by atoms with E-state index in [4.69, 9.17) is 5.73 Å². The number of aryl methyl sites for hydroxylation is 1. The van der Waals surface area contributed by atoms with E-state index in [1.807, 2.05) is 38.1 Å². The maximum Gasteiger partial charge on any atom is 0.254 e. The summed E-state index contributed by atoms with van der Waals surface area (Å²) >= 11 is 0. The van der Waals surface area contributed by atoms with E-state index in [9.17, 15) is 9.59 Å². The first kappa shape index (κ1) is 16.8. The van der Waals surface area contributed by atoms with Crippen LogP contribution in [0.25, 0.3) is 0 Å². The van der Waals surface area contributed by atoms with Crippen LogP contribution in [0.15, 0.2) is 36.4 Å². The molecule has 0 saturated heterocycles. The molecule has 3 N–H and O–H groups in total. The minimum atomic E-state index is -0.842. The van der Waals surface area contributed by atoms with Gasteiger partial charge < -0.3 is 15.6 Å². The zero-order valence-corrected chi connectivity index (χ0v) is 14.0. The fraction of sp³-hybridized carbons (Fsp3) is 0.333. The average molecular weight is 313 g/mol. The first-order chi connectivity index (χ1) is 10.8.